The number of hydrogen-bond acceptors (Lipinski definition) is 6. The molecule has 0 atom stereocenters. The summed E-state index contributed by atoms with van der Waals surface area (Å²) in [5.74, 6) is 0. The summed E-state index contributed by atoms with van der Waals surface area (Å²) in [6.45, 7) is 0. The molecule has 0 saturated carbocycles. The molecule has 3 aliphatic heterocycles. The molecule has 0 spiro atoms. The van der Waals surface area contributed by atoms with Crippen molar-refractivity contribution in [3.8, 4) is 0 Å². The molecule has 0 unspecified atom stereocenters. The van der Waals surface area contributed by atoms with Gasteiger partial charge in [-0.1, -0.05) is 0 Å². The maximum atomic E-state index is 2.20. The molecule has 0 radical (unpaired) electrons. The summed E-state index contributed by atoms with van der Waals surface area (Å²) in [5.41, 5.74) is 0. The van der Waals surface area contributed by atoms with E-state index in [1.165, 1.54) is 13.6 Å². The molecule has 92 valence electrons. The van der Waals surface area contributed by atoms with E-state index in [4.69, 9.17) is 0 Å². The number of hydrogen-bond donors (Lipinski definition) is 0. The van der Waals surface area contributed by atoms with Crippen LogP contribution < -0.4 is 0 Å². The Bertz CT molecular complexity index is 416. The molecule has 0 aromatic rings. The third kappa shape index (κ3) is 3.02. The van der Waals surface area contributed by atoms with Crippen LogP contribution in [0.15, 0.2) is 23.7 Å². The summed E-state index contributed by atoms with van der Waals surface area (Å²) < 4.78 is 9.94. The second-order valence-corrected chi connectivity index (χ2v) is 16.5. The molecule has 0 aromatic heterocycles. The molecular weight excluding hydrogens is 458 g/mol. The standard InChI is InChI=1S/C9H8S6Se2/c1-10-4-5(11-2)15-6(14-4)9-16-7-8(17-9)13-3-12-7/h3H2,1-2H3. The Hall–Kier alpha value is 2.36. The molecular formula is C9H8S6Se2. The van der Waals surface area contributed by atoms with E-state index >= 15 is 0 Å². The summed E-state index contributed by atoms with van der Waals surface area (Å²) in [6, 6.07) is 0. The first kappa shape index (κ1) is 14.3. The zero-order valence-electron chi connectivity index (χ0n) is 8.97. The predicted molar refractivity (Wildman–Crippen MR) is 94.8 cm³/mol. The molecule has 0 N–H and O–H groups in total. The average Bonchev–Trinajstić information content (AvgIpc) is 3.00. The van der Waals surface area contributed by atoms with Gasteiger partial charge in [-0.05, 0) is 0 Å². The van der Waals surface area contributed by atoms with Crippen molar-refractivity contribution in [1.29, 1.82) is 0 Å². The second kappa shape index (κ2) is 6.42. The Kier molecular flexibility index (Phi) is 5.40. The van der Waals surface area contributed by atoms with Crippen LogP contribution in [0.1, 0.15) is 0 Å². The Labute approximate surface area is 140 Å². The van der Waals surface area contributed by atoms with Crippen LogP contribution in [0.25, 0.3) is 0 Å². The predicted octanol–water partition coefficient (Wildman–Crippen LogP) is 4.43. The van der Waals surface area contributed by atoms with Crippen molar-refractivity contribution in [3.05, 3.63) is 23.7 Å². The summed E-state index contributed by atoms with van der Waals surface area (Å²) in [6.07, 6.45) is 4.39. The van der Waals surface area contributed by atoms with Gasteiger partial charge in [0.05, 0.1) is 0 Å². The molecule has 0 amide bonds. The van der Waals surface area contributed by atoms with Crippen LogP contribution in [0, 0.1) is 0 Å². The maximum absolute atomic E-state index is 2.20. The van der Waals surface area contributed by atoms with Crippen molar-refractivity contribution in [2.75, 3.05) is 17.6 Å². The van der Waals surface area contributed by atoms with Crippen LogP contribution >= 0.6 is 70.6 Å². The van der Waals surface area contributed by atoms with E-state index in [-0.39, 0.29) is 0 Å². The quantitative estimate of drug-likeness (QED) is 0.549. The van der Waals surface area contributed by atoms with Crippen LogP contribution in [-0.4, -0.2) is 47.5 Å². The van der Waals surface area contributed by atoms with Crippen molar-refractivity contribution < 1.29 is 0 Å². The number of rotatable bonds is 2. The van der Waals surface area contributed by atoms with Crippen molar-refractivity contribution in [2.24, 2.45) is 0 Å². The molecule has 0 fully saturated rings. The van der Waals surface area contributed by atoms with Crippen LogP contribution in [-0.2, 0) is 0 Å². The van der Waals surface area contributed by atoms with Crippen molar-refractivity contribution in [3.63, 3.8) is 0 Å². The van der Waals surface area contributed by atoms with Gasteiger partial charge in [0, 0.05) is 0 Å². The molecule has 3 rings (SSSR count). The molecule has 3 heterocycles. The Morgan fingerprint density at radius 2 is 1.47 bits per heavy atom. The van der Waals surface area contributed by atoms with E-state index in [0.29, 0.717) is 29.9 Å². The van der Waals surface area contributed by atoms with E-state index in [0.717, 1.165) is 0 Å². The minimum atomic E-state index is 0.663. The van der Waals surface area contributed by atoms with Gasteiger partial charge in [0.2, 0.25) is 0 Å². The van der Waals surface area contributed by atoms with Gasteiger partial charge in [-0.15, -0.1) is 0 Å². The van der Waals surface area contributed by atoms with E-state index in [1.54, 1.807) is 15.2 Å². The average molecular weight is 466 g/mol. The van der Waals surface area contributed by atoms with Gasteiger partial charge >= 0.3 is 142 Å². The first-order valence-electron chi connectivity index (χ1n) is 4.59. The van der Waals surface area contributed by atoms with Crippen LogP contribution in [0.5, 0.6) is 0 Å². The molecule has 3 aliphatic rings. The van der Waals surface area contributed by atoms with E-state index in [2.05, 4.69) is 36.0 Å². The Morgan fingerprint density at radius 3 is 1.94 bits per heavy atom. The molecule has 17 heavy (non-hydrogen) atoms. The summed E-state index contributed by atoms with van der Waals surface area (Å²) in [5, 5.41) is 1.28. The van der Waals surface area contributed by atoms with Gasteiger partial charge in [0.15, 0.2) is 0 Å². The zero-order chi connectivity index (χ0) is 11.8. The van der Waals surface area contributed by atoms with Crippen LogP contribution in [0.4, 0.5) is 0 Å². The summed E-state index contributed by atoms with van der Waals surface area (Å²) >= 11 is 13.4. The normalized spacial score (nSPS) is 24.4. The monoisotopic (exact) mass is 468 g/mol. The SMILES string of the molecule is CSC1=C(SC)SC(=C2[Se]C3=C(SCS3)[Se]2)S1. The minimum absolute atomic E-state index is 0.663. The summed E-state index contributed by atoms with van der Waals surface area (Å²) in [4.78, 5) is 0. The second-order valence-electron chi connectivity index (χ2n) is 2.95. The van der Waals surface area contributed by atoms with Crippen molar-refractivity contribution >= 4 is 100 Å². The fraction of sp³-hybridized carbons (Fsp3) is 0.333. The third-order valence-electron chi connectivity index (χ3n) is 1.99. The van der Waals surface area contributed by atoms with Gasteiger partial charge in [-0.2, -0.15) is 0 Å². The zero-order valence-corrected chi connectivity index (χ0v) is 17.3. The molecule has 0 aromatic carbocycles. The van der Waals surface area contributed by atoms with Crippen LogP contribution in [0.2, 0.25) is 0 Å². The van der Waals surface area contributed by atoms with Gasteiger partial charge in [-0.25, -0.2) is 0 Å². The molecule has 0 aliphatic carbocycles. The fourth-order valence-electron chi connectivity index (χ4n) is 1.28. The first-order chi connectivity index (χ1) is 8.31. The Balaban J connectivity index is 1.77. The van der Waals surface area contributed by atoms with E-state index in [9.17, 15) is 0 Å². The summed E-state index contributed by atoms with van der Waals surface area (Å²) in [7, 11) is 0. The van der Waals surface area contributed by atoms with E-state index in [1.807, 2.05) is 47.0 Å². The van der Waals surface area contributed by atoms with Gasteiger partial charge < -0.3 is 0 Å². The molecule has 0 nitrogen and oxygen atoms in total. The van der Waals surface area contributed by atoms with Crippen molar-refractivity contribution in [2.45, 2.75) is 0 Å². The van der Waals surface area contributed by atoms with E-state index < -0.39 is 0 Å². The fourth-order valence-corrected chi connectivity index (χ4v) is 20.2. The van der Waals surface area contributed by atoms with Crippen molar-refractivity contribution in [1.82, 2.24) is 0 Å². The van der Waals surface area contributed by atoms with Gasteiger partial charge in [0.25, 0.3) is 0 Å². The topological polar surface area (TPSA) is 0 Å². The number of thioether (sulfide) groups is 6. The molecule has 0 bridgehead atoms. The van der Waals surface area contributed by atoms with Crippen LogP contribution in [0.3, 0.4) is 0 Å². The van der Waals surface area contributed by atoms with Gasteiger partial charge in [-0.3, -0.25) is 0 Å². The van der Waals surface area contributed by atoms with Gasteiger partial charge in [0.1, 0.15) is 0 Å². The third-order valence-corrected chi connectivity index (χ3v) is 19.1. The first-order valence-corrected chi connectivity index (χ1v) is 14.1. The Morgan fingerprint density at radius 1 is 0.941 bits per heavy atom. The molecule has 0 saturated heterocycles. The molecule has 8 heteroatoms.